The van der Waals surface area contributed by atoms with Gasteiger partial charge in [0, 0.05) is 0 Å². The number of rotatable bonds is 9. The van der Waals surface area contributed by atoms with E-state index in [1.54, 1.807) is 5.57 Å². The van der Waals surface area contributed by atoms with E-state index in [0.717, 1.165) is 54.3 Å². The summed E-state index contributed by atoms with van der Waals surface area (Å²) >= 11 is 0. The molecule has 0 amide bonds. The van der Waals surface area contributed by atoms with Crippen LogP contribution in [-0.2, 0) is 0 Å². The third-order valence-electron chi connectivity index (χ3n) is 11.4. The fourth-order valence-corrected chi connectivity index (χ4v) is 9.58. The molecule has 0 heterocycles. The van der Waals surface area contributed by atoms with Crippen LogP contribution in [0.25, 0.3) is 0 Å². The normalized spacial score (nSPS) is 40.7. The lowest BCUT2D eigenvalue weighted by Gasteiger charge is -2.58. The molecule has 3 fully saturated rings. The number of hydrogen-bond acceptors (Lipinski definition) is 1. The summed E-state index contributed by atoms with van der Waals surface area (Å²) < 4.78 is 0. The van der Waals surface area contributed by atoms with Crippen LogP contribution in [0.1, 0.15) is 131 Å². The molecule has 1 unspecified atom stereocenters. The second-order valence-corrected chi connectivity index (χ2v) is 14.3. The standard InChI is InChI=1S/C32H56O/c1-22(2)9-7-11-24(12-8-10-23(3)4)28-15-16-29-27-14-13-25-21-26(33)17-19-31(25,5)30(27)18-20-32(28,29)6/h13,22-24,26-30,33H,7-12,14-21H2,1-6H3/t26?,27-,28+,29-,30-,31-,32+/m0/s1. The zero-order chi connectivity index (χ0) is 23.8. The number of aliphatic hydroxyl groups excluding tert-OH is 1. The average molecular weight is 457 g/mol. The van der Waals surface area contributed by atoms with Gasteiger partial charge in [0.05, 0.1) is 6.10 Å². The maximum absolute atomic E-state index is 10.3. The molecule has 33 heavy (non-hydrogen) atoms. The summed E-state index contributed by atoms with van der Waals surface area (Å²) in [6.07, 6.45) is 21.6. The highest BCUT2D eigenvalue weighted by Crippen LogP contribution is 2.67. The minimum atomic E-state index is -0.0805. The predicted octanol–water partition coefficient (Wildman–Crippen LogP) is 9.20. The molecule has 4 rings (SSSR count). The predicted molar refractivity (Wildman–Crippen MR) is 142 cm³/mol. The molecule has 1 N–H and O–H groups in total. The van der Waals surface area contributed by atoms with Crippen molar-refractivity contribution in [2.45, 2.75) is 138 Å². The van der Waals surface area contributed by atoms with E-state index in [1.165, 1.54) is 77.0 Å². The molecule has 7 atom stereocenters. The second-order valence-electron chi connectivity index (χ2n) is 14.3. The highest BCUT2D eigenvalue weighted by molar-refractivity contribution is 5.25. The summed E-state index contributed by atoms with van der Waals surface area (Å²) in [6.45, 7) is 14.9. The lowest BCUT2D eigenvalue weighted by Crippen LogP contribution is -2.51. The van der Waals surface area contributed by atoms with Gasteiger partial charge < -0.3 is 5.11 Å². The largest absolute Gasteiger partial charge is 0.393 e. The van der Waals surface area contributed by atoms with Crippen molar-refractivity contribution in [3.05, 3.63) is 11.6 Å². The zero-order valence-electron chi connectivity index (χ0n) is 23.0. The molecule has 0 bridgehead atoms. The van der Waals surface area contributed by atoms with E-state index in [0.29, 0.717) is 10.8 Å². The summed E-state index contributed by atoms with van der Waals surface area (Å²) in [5, 5.41) is 10.3. The van der Waals surface area contributed by atoms with Crippen LogP contribution in [-0.4, -0.2) is 11.2 Å². The summed E-state index contributed by atoms with van der Waals surface area (Å²) in [5.41, 5.74) is 2.59. The third kappa shape index (κ3) is 5.15. The Morgan fingerprint density at radius 2 is 1.52 bits per heavy atom. The zero-order valence-corrected chi connectivity index (χ0v) is 23.0. The topological polar surface area (TPSA) is 20.2 Å². The molecule has 3 saturated carbocycles. The van der Waals surface area contributed by atoms with Gasteiger partial charge in [-0.1, -0.05) is 91.7 Å². The highest BCUT2D eigenvalue weighted by atomic mass is 16.3. The first-order valence-electron chi connectivity index (χ1n) is 15.0. The molecule has 4 aliphatic carbocycles. The maximum Gasteiger partial charge on any atom is 0.0577 e. The molecule has 0 radical (unpaired) electrons. The molecule has 190 valence electrons. The molecule has 0 aromatic rings. The van der Waals surface area contributed by atoms with E-state index in [4.69, 9.17) is 0 Å². The Labute approximate surface area is 206 Å². The second kappa shape index (κ2) is 10.4. The van der Waals surface area contributed by atoms with Gasteiger partial charge in [-0.2, -0.15) is 0 Å². The van der Waals surface area contributed by atoms with Crippen LogP contribution in [0.5, 0.6) is 0 Å². The van der Waals surface area contributed by atoms with E-state index in [1.807, 2.05) is 0 Å². The summed E-state index contributed by atoms with van der Waals surface area (Å²) in [7, 11) is 0. The van der Waals surface area contributed by atoms with Gasteiger partial charge >= 0.3 is 0 Å². The number of fused-ring (bicyclic) bond motifs is 5. The molecule has 0 aromatic carbocycles. The van der Waals surface area contributed by atoms with Gasteiger partial charge in [0.1, 0.15) is 0 Å². The number of aliphatic hydroxyl groups is 1. The molecular weight excluding hydrogens is 400 g/mol. The minimum Gasteiger partial charge on any atom is -0.393 e. The first kappa shape index (κ1) is 25.8. The van der Waals surface area contributed by atoms with Gasteiger partial charge in [-0.25, -0.2) is 0 Å². The lowest BCUT2D eigenvalue weighted by molar-refractivity contribution is -0.0593. The summed E-state index contributed by atoms with van der Waals surface area (Å²) in [6, 6.07) is 0. The molecular formula is C32H56O. The van der Waals surface area contributed by atoms with Gasteiger partial charge in [0.2, 0.25) is 0 Å². The van der Waals surface area contributed by atoms with Crippen LogP contribution < -0.4 is 0 Å². The van der Waals surface area contributed by atoms with Crippen LogP contribution >= 0.6 is 0 Å². The van der Waals surface area contributed by atoms with Crippen LogP contribution in [0.3, 0.4) is 0 Å². The fourth-order valence-electron chi connectivity index (χ4n) is 9.58. The first-order valence-corrected chi connectivity index (χ1v) is 15.0. The van der Waals surface area contributed by atoms with Gasteiger partial charge in [-0.3, -0.25) is 0 Å². The minimum absolute atomic E-state index is 0.0805. The Balaban J connectivity index is 1.50. The van der Waals surface area contributed by atoms with E-state index in [9.17, 15) is 5.11 Å². The van der Waals surface area contributed by atoms with E-state index in [2.05, 4.69) is 47.6 Å². The van der Waals surface area contributed by atoms with Crippen molar-refractivity contribution in [3.63, 3.8) is 0 Å². The van der Waals surface area contributed by atoms with Crippen molar-refractivity contribution in [1.29, 1.82) is 0 Å². The molecule has 1 heteroatoms. The Morgan fingerprint density at radius 1 is 0.848 bits per heavy atom. The highest BCUT2D eigenvalue weighted by Gasteiger charge is 2.59. The van der Waals surface area contributed by atoms with Crippen molar-refractivity contribution < 1.29 is 5.11 Å². The van der Waals surface area contributed by atoms with Gasteiger partial charge in [-0.15, -0.1) is 0 Å². The van der Waals surface area contributed by atoms with Crippen molar-refractivity contribution in [3.8, 4) is 0 Å². The number of allylic oxidation sites excluding steroid dienone is 1. The molecule has 4 aliphatic rings. The first-order chi connectivity index (χ1) is 15.6. The molecule has 1 nitrogen and oxygen atoms in total. The van der Waals surface area contributed by atoms with Crippen molar-refractivity contribution in [2.75, 3.05) is 0 Å². The van der Waals surface area contributed by atoms with Gasteiger partial charge in [-0.05, 0) is 104 Å². The smallest absolute Gasteiger partial charge is 0.0577 e. The van der Waals surface area contributed by atoms with Crippen molar-refractivity contribution in [2.24, 2.45) is 52.3 Å². The SMILES string of the molecule is CC(C)CCCC(CCCC(C)C)[C@H]1CC[C@H]2[C@@H]3CC=C4CC(O)CC[C@]4(C)[C@H]3CC[C@]12C. The summed E-state index contributed by atoms with van der Waals surface area (Å²) in [4.78, 5) is 0. The van der Waals surface area contributed by atoms with E-state index < -0.39 is 0 Å². The Morgan fingerprint density at radius 3 is 2.15 bits per heavy atom. The Kier molecular flexibility index (Phi) is 8.09. The molecule has 0 spiro atoms. The van der Waals surface area contributed by atoms with Crippen molar-refractivity contribution in [1.82, 2.24) is 0 Å². The molecule has 0 aliphatic heterocycles. The average Bonchev–Trinajstić information content (AvgIpc) is 3.10. The van der Waals surface area contributed by atoms with Crippen LogP contribution in [0.2, 0.25) is 0 Å². The fraction of sp³-hybridized carbons (Fsp3) is 0.938. The van der Waals surface area contributed by atoms with Gasteiger partial charge in [0.15, 0.2) is 0 Å². The summed E-state index contributed by atoms with van der Waals surface area (Å²) in [5.74, 6) is 6.36. The van der Waals surface area contributed by atoms with Crippen molar-refractivity contribution >= 4 is 0 Å². The monoisotopic (exact) mass is 456 g/mol. The Hall–Kier alpha value is -0.300. The van der Waals surface area contributed by atoms with Crippen LogP contribution in [0, 0.1) is 52.3 Å². The quantitative estimate of drug-likeness (QED) is 0.343. The maximum atomic E-state index is 10.3. The van der Waals surface area contributed by atoms with Crippen LogP contribution in [0.15, 0.2) is 11.6 Å². The van der Waals surface area contributed by atoms with Gasteiger partial charge in [0.25, 0.3) is 0 Å². The lowest BCUT2D eigenvalue weighted by atomic mass is 9.47. The van der Waals surface area contributed by atoms with E-state index in [-0.39, 0.29) is 6.10 Å². The Bertz CT molecular complexity index is 662. The molecule has 0 aromatic heterocycles. The van der Waals surface area contributed by atoms with Crippen LogP contribution in [0.4, 0.5) is 0 Å². The molecule has 0 saturated heterocycles. The third-order valence-corrected chi connectivity index (χ3v) is 11.4. The van der Waals surface area contributed by atoms with E-state index >= 15 is 0 Å². The number of hydrogen-bond donors (Lipinski definition) is 1.